The van der Waals surface area contributed by atoms with Crippen LogP contribution in [0.2, 0.25) is 0 Å². The first-order valence-electron chi connectivity index (χ1n) is 12.1. The molecule has 194 valence electrons. The van der Waals surface area contributed by atoms with Gasteiger partial charge in [0, 0.05) is 54.2 Å². The molecule has 1 fully saturated rings. The molecule has 1 unspecified atom stereocenters. The number of aromatic nitrogens is 3. The highest BCUT2D eigenvalue weighted by Gasteiger charge is 2.34. The Labute approximate surface area is 215 Å². The van der Waals surface area contributed by atoms with E-state index in [0.717, 1.165) is 39.8 Å². The third kappa shape index (κ3) is 4.74. The van der Waals surface area contributed by atoms with Crippen molar-refractivity contribution in [3.05, 3.63) is 77.2 Å². The molecule has 2 N–H and O–H groups in total. The number of carboxylic acid groups (broad SMARTS) is 1. The predicted molar refractivity (Wildman–Crippen MR) is 140 cm³/mol. The van der Waals surface area contributed by atoms with Crippen LogP contribution in [0.5, 0.6) is 5.75 Å². The summed E-state index contributed by atoms with van der Waals surface area (Å²) in [7, 11) is -1.71. The van der Waals surface area contributed by atoms with E-state index in [1.165, 1.54) is 12.5 Å². The van der Waals surface area contributed by atoms with Crippen LogP contribution in [0.1, 0.15) is 52.0 Å². The predicted octanol–water partition coefficient (Wildman–Crippen LogP) is 4.36. The summed E-state index contributed by atoms with van der Waals surface area (Å²) in [6.07, 6.45) is 7.35. The van der Waals surface area contributed by atoms with Gasteiger partial charge in [-0.15, -0.1) is 0 Å². The Balaban J connectivity index is 1.55. The summed E-state index contributed by atoms with van der Waals surface area (Å²) in [5.41, 5.74) is 4.18. The molecule has 10 heteroatoms. The number of carbonyl (C=O) groups is 1. The molecule has 5 rings (SSSR count). The number of piperidine rings is 1. The van der Waals surface area contributed by atoms with Gasteiger partial charge in [0.2, 0.25) is 0 Å². The maximum Gasteiger partial charge on any atom is 0.336 e. The molecule has 2 aromatic carbocycles. The fraction of sp³-hybridized carbons (Fsp3) is 0.333. The van der Waals surface area contributed by atoms with Crippen molar-refractivity contribution in [3.63, 3.8) is 0 Å². The number of nitrogens with zero attached hydrogens (tertiary/aromatic N) is 3. The molecule has 2 atom stereocenters. The van der Waals surface area contributed by atoms with Crippen molar-refractivity contribution < 1.29 is 23.1 Å². The first-order chi connectivity index (χ1) is 17.7. The van der Waals surface area contributed by atoms with Crippen LogP contribution in [0.3, 0.4) is 0 Å². The van der Waals surface area contributed by atoms with Gasteiger partial charge in [0.1, 0.15) is 10.6 Å². The zero-order valence-electron chi connectivity index (χ0n) is 21.0. The minimum atomic E-state index is -3.37. The fourth-order valence-electron chi connectivity index (χ4n) is 5.43. The van der Waals surface area contributed by atoms with Crippen molar-refractivity contribution in [1.82, 2.24) is 19.7 Å². The van der Waals surface area contributed by atoms with Crippen LogP contribution in [-0.4, -0.2) is 59.1 Å². The molecular weight excluding hydrogens is 492 g/mol. The summed E-state index contributed by atoms with van der Waals surface area (Å²) in [6.45, 7) is 3.27. The monoisotopic (exact) mass is 522 g/mol. The second kappa shape index (κ2) is 9.68. The van der Waals surface area contributed by atoms with Gasteiger partial charge in [-0.1, -0.05) is 18.2 Å². The van der Waals surface area contributed by atoms with Crippen molar-refractivity contribution in [1.29, 1.82) is 0 Å². The van der Waals surface area contributed by atoms with E-state index in [1.807, 2.05) is 37.4 Å². The largest absolute Gasteiger partial charge is 0.496 e. The molecule has 1 saturated heterocycles. The average molecular weight is 523 g/mol. The smallest absolute Gasteiger partial charge is 0.336 e. The molecule has 4 aromatic rings. The Morgan fingerprint density at radius 1 is 1.27 bits per heavy atom. The van der Waals surface area contributed by atoms with Gasteiger partial charge < -0.3 is 14.8 Å². The number of sulfone groups is 1. The van der Waals surface area contributed by atoms with E-state index in [-0.39, 0.29) is 22.5 Å². The minimum Gasteiger partial charge on any atom is -0.496 e. The van der Waals surface area contributed by atoms with E-state index >= 15 is 0 Å². The number of methoxy groups -OCH3 is 1. The van der Waals surface area contributed by atoms with Gasteiger partial charge >= 0.3 is 5.97 Å². The van der Waals surface area contributed by atoms with E-state index in [1.54, 1.807) is 30.1 Å². The van der Waals surface area contributed by atoms with Crippen molar-refractivity contribution in [2.45, 2.75) is 43.3 Å². The van der Waals surface area contributed by atoms with Crippen molar-refractivity contribution in [2.24, 2.45) is 0 Å². The molecule has 9 nitrogen and oxygen atoms in total. The van der Waals surface area contributed by atoms with Crippen molar-refractivity contribution in [2.75, 3.05) is 19.9 Å². The number of benzene rings is 2. The minimum absolute atomic E-state index is 0.0780. The topological polar surface area (TPSA) is 118 Å². The number of carboxylic acids is 1. The summed E-state index contributed by atoms with van der Waals surface area (Å²) in [5, 5.41) is 15.4. The molecule has 37 heavy (non-hydrogen) atoms. The van der Waals surface area contributed by atoms with Crippen LogP contribution < -0.4 is 4.74 Å². The summed E-state index contributed by atoms with van der Waals surface area (Å²) in [4.78, 5) is 17.9. The Morgan fingerprint density at radius 2 is 2.05 bits per heavy atom. The van der Waals surface area contributed by atoms with Crippen LogP contribution in [-0.2, 0) is 16.4 Å². The number of rotatable bonds is 7. The van der Waals surface area contributed by atoms with Gasteiger partial charge in [-0.05, 0) is 49.1 Å². The maximum absolute atomic E-state index is 12.1. The summed E-state index contributed by atoms with van der Waals surface area (Å²) < 4.78 is 31.5. The Kier molecular flexibility index (Phi) is 6.55. The van der Waals surface area contributed by atoms with Gasteiger partial charge in [-0.2, -0.15) is 5.10 Å². The molecule has 0 spiro atoms. The van der Waals surface area contributed by atoms with Gasteiger partial charge in [-0.25, -0.2) is 13.2 Å². The molecule has 0 amide bonds. The maximum atomic E-state index is 12.1. The number of aromatic carboxylic acids is 1. The van der Waals surface area contributed by atoms with E-state index in [0.29, 0.717) is 19.5 Å². The summed E-state index contributed by atoms with van der Waals surface area (Å²) >= 11 is 0. The van der Waals surface area contributed by atoms with Gasteiger partial charge in [0.25, 0.3) is 0 Å². The van der Waals surface area contributed by atoms with Crippen LogP contribution >= 0.6 is 0 Å². The van der Waals surface area contributed by atoms with E-state index in [4.69, 9.17) is 4.74 Å². The number of hydrogen-bond donors (Lipinski definition) is 2. The van der Waals surface area contributed by atoms with Crippen LogP contribution in [0.4, 0.5) is 0 Å². The highest BCUT2D eigenvalue weighted by Crippen LogP contribution is 2.41. The van der Waals surface area contributed by atoms with Crippen molar-refractivity contribution >= 4 is 26.7 Å². The molecule has 0 radical (unpaired) electrons. The lowest BCUT2D eigenvalue weighted by Crippen LogP contribution is -2.38. The number of fused-ring (bicyclic) bond motifs is 1. The first-order valence-corrected chi connectivity index (χ1v) is 14.0. The van der Waals surface area contributed by atoms with Crippen LogP contribution in [0.25, 0.3) is 10.9 Å². The zero-order valence-corrected chi connectivity index (χ0v) is 21.8. The second-order valence-corrected chi connectivity index (χ2v) is 11.6. The van der Waals surface area contributed by atoms with Gasteiger partial charge in [0.15, 0.2) is 9.84 Å². The number of hydrogen-bond acceptors (Lipinski definition) is 6. The number of likely N-dealkylation sites (tertiary alicyclic amines) is 1. The third-order valence-corrected chi connectivity index (χ3v) is 8.38. The fourth-order valence-corrected chi connectivity index (χ4v) is 5.96. The molecular formula is C27H30N4O5S. The highest BCUT2D eigenvalue weighted by molar-refractivity contribution is 7.90. The average Bonchev–Trinajstić information content (AvgIpc) is 3.56. The summed E-state index contributed by atoms with van der Waals surface area (Å²) in [6, 6.07) is 10.9. The second-order valence-electron chi connectivity index (χ2n) is 9.63. The lowest BCUT2D eigenvalue weighted by atomic mass is 9.88. The SMILES string of the molecule is COc1cc(C)c2[nH]ccc2c1CN1CCC(n2cc(S(C)(=O)=O)cn2)C[C@@H]1c1ccccc1C(=O)O. The third-order valence-electron chi connectivity index (χ3n) is 7.31. The number of nitrogens with one attached hydrogen (secondary N) is 1. The quantitative estimate of drug-likeness (QED) is 0.370. The normalized spacial score (nSPS) is 18.8. The van der Waals surface area contributed by atoms with E-state index in [2.05, 4.69) is 15.0 Å². The lowest BCUT2D eigenvalue weighted by Gasteiger charge is -2.40. The number of aryl methyl sites for hydroxylation is 1. The van der Waals surface area contributed by atoms with Gasteiger partial charge in [0.05, 0.1) is 24.9 Å². The molecule has 0 bridgehead atoms. The van der Waals surface area contributed by atoms with Crippen LogP contribution in [0.15, 0.2) is 59.9 Å². The number of aromatic amines is 1. The van der Waals surface area contributed by atoms with E-state index < -0.39 is 15.8 Å². The Hall–Kier alpha value is -3.63. The molecule has 0 aliphatic carbocycles. The number of ether oxygens (including phenoxy) is 1. The molecule has 2 aromatic heterocycles. The molecule has 0 saturated carbocycles. The molecule has 1 aliphatic heterocycles. The van der Waals surface area contributed by atoms with Crippen LogP contribution in [0, 0.1) is 6.92 Å². The Morgan fingerprint density at radius 3 is 2.76 bits per heavy atom. The molecule has 3 heterocycles. The lowest BCUT2D eigenvalue weighted by molar-refractivity contribution is 0.0682. The van der Waals surface area contributed by atoms with Gasteiger partial charge in [-0.3, -0.25) is 9.58 Å². The molecule has 1 aliphatic rings. The first kappa shape index (κ1) is 25.0. The Bertz CT molecular complexity index is 1570. The van der Waals surface area contributed by atoms with E-state index in [9.17, 15) is 18.3 Å². The summed E-state index contributed by atoms with van der Waals surface area (Å²) in [5.74, 6) is -0.182. The standard InChI is InChI=1S/C27H30N4O5S/c1-17-12-25(36-2)23(21-8-10-28-26(17)21)16-30-11-9-18(31-15-19(14-29-31)37(3,34)35)13-24(30)20-6-4-5-7-22(20)27(32)33/h4-8,10,12,14-15,18,24,28H,9,11,13,16H2,1-3H3,(H,32,33)/t18?,24-/m1/s1. The number of H-pyrrole nitrogens is 1. The zero-order chi connectivity index (χ0) is 26.3. The van der Waals surface area contributed by atoms with Crippen molar-refractivity contribution in [3.8, 4) is 5.75 Å². The highest BCUT2D eigenvalue weighted by atomic mass is 32.2.